The molecule has 166 valence electrons. The van der Waals surface area contributed by atoms with Crippen LogP contribution in [0.5, 0.6) is 0 Å². The minimum absolute atomic E-state index is 0.00989. The Morgan fingerprint density at radius 2 is 1.86 bits per heavy atom. The van der Waals surface area contributed by atoms with Gasteiger partial charge in [-0.1, -0.05) is 20.4 Å². The van der Waals surface area contributed by atoms with Crippen molar-refractivity contribution in [3.63, 3.8) is 0 Å². The van der Waals surface area contributed by atoms with Gasteiger partial charge in [-0.05, 0) is 30.8 Å². The molecule has 3 saturated heterocycles. The predicted molar refractivity (Wildman–Crippen MR) is 106 cm³/mol. The van der Waals surface area contributed by atoms with Crippen molar-refractivity contribution < 1.29 is 34.3 Å². The van der Waals surface area contributed by atoms with Gasteiger partial charge in [0.1, 0.15) is 6.29 Å². The monoisotopic (exact) mass is 412 g/mol. The molecule has 3 rings (SSSR count). The summed E-state index contributed by atoms with van der Waals surface area (Å²) in [5.74, 6) is 0.128. The molecule has 0 amide bonds. The molecule has 0 spiro atoms. The van der Waals surface area contributed by atoms with Gasteiger partial charge in [-0.15, -0.1) is 0 Å². The summed E-state index contributed by atoms with van der Waals surface area (Å²) in [5.41, 5.74) is 1.00. The SMILES string of the molecule is C=C1C(C[C@@H]2O[C@H]3CC(O)[C@@H](CCO)O[C@H]3[C@H](C)[C@H]2O)O[C@@H](CCC=O)C[C@H]1C. The Morgan fingerprint density at radius 1 is 1.10 bits per heavy atom. The number of aldehydes is 1. The van der Waals surface area contributed by atoms with E-state index in [-0.39, 0.29) is 42.9 Å². The van der Waals surface area contributed by atoms with Crippen LogP contribution >= 0.6 is 0 Å². The Morgan fingerprint density at radius 3 is 2.55 bits per heavy atom. The van der Waals surface area contributed by atoms with Crippen LogP contribution in [0.25, 0.3) is 0 Å². The molecule has 0 radical (unpaired) electrons. The van der Waals surface area contributed by atoms with E-state index in [0.29, 0.717) is 32.1 Å². The minimum Gasteiger partial charge on any atom is -0.396 e. The molecule has 29 heavy (non-hydrogen) atoms. The van der Waals surface area contributed by atoms with E-state index < -0.39 is 24.4 Å². The van der Waals surface area contributed by atoms with E-state index in [2.05, 4.69) is 13.5 Å². The molecule has 0 saturated carbocycles. The lowest BCUT2D eigenvalue weighted by atomic mass is 9.79. The maximum atomic E-state index is 10.9. The second-order valence-electron chi connectivity index (χ2n) is 8.96. The van der Waals surface area contributed by atoms with Crippen molar-refractivity contribution in [3.05, 3.63) is 12.2 Å². The van der Waals surface area contributed by atoms with E-state index in [1.54, 1.807) is 0 Å². The highest BCUT2D eigenvalue weighted by Gasteiger charge is 2.49. The number of aliphatic hydroxyl groups is 3. The first-order valence-electron chi connectivity index (χ1n) is 10.9. The summed E-state index contributed by atoms with van der Waals surface area (Å²) in [6.45, 7) is 8.22. The van der Waals surface area contributed by atoms with E-state index in [1.165, 1.54) is 0 Å². The molecule has 0 aliphatic carbocycles. The van der Waals surface area contributed by atoms with Gasteiger partial charge in [0.2, 0.25) is 0 Å². The summed E-state index contributed by atoms with van der Waals surface area (Å²) in [6.07, 6.45) is 1.11. The largest absolute Gasteiger partial charge is 0.396 e. The second-order valence-corrected chi connectivity index (χ2v) is 8.96. The van der Waals surface area contributed by atoms with Gasteiger partial charge in [-0.3, -0.25) is 0 Å². The highest BCUT2D eigenvalue weighted by atomic mass is 16.6. The summed E-state index contributed by atoms with van der Waals surface area (Å²) < 4.78 is 18.4. The van der Waals surface area contributed by atoms with E-state index in [4.69, 9.17) is 14.2 Å². The molecule has 3 aliphatic rings. The number of hydrogen-bond donors (Lipinski definition) is 3. The first kappa shape index (κ1) is 22.8. The highest BCUT2D eigenvalue weighted by Crippen LogP contribution is 2.40. The lowest BCUT2D eigenvalue weighted by Gasteiger charge is -2.50. The van der Waals surface area contributed by atoms with Crippen molar-refractivity contribution in [2.75, 3.05) is 6.61 Å². The molecular formula is C22H36O7. The van der Waals surface area contributed by atoms with Gasteiger partial charge in [0, 0.05) is 31.8 Å². The maximum Gasteiger partial charge on any atom is 0.120 e. The molecule has 3 heterocycles. The van der Waals surface area contributed by atoms with E-state index in [0.717, 1.165) is 18.3 Å². The molecule has 7 heteroatoms. The molecule has 0 aromatic heterocycles. The van der Waals surface area contributed by atoms with Crippen LogP contribution in [0.2, 0.25) is 0 Å². The third kappa shape index (κ3) is 5.09. The fraction of sp³-hybridized carbons (Fsp3) is 0.864. The van der Waals surface area contributed by atoms with E-state index in [9.17, 15) is 20.1 Å². The van der Waals surface area contributed by atoms with Gasteiger partial charge in [0.25, 0.3) is 0 Å². The number of carbonyl (C=O) groups excluding carboxylic acids is 1. The number of aliphatic hydroxyl groups excluding tert-OH is 3. The van der Waals surface area contributed by atoms with Crippen molar-refractivity contribution >= 4 is 6.29 Å². The normalized spacial score (nSPS) is 45.6. The highest BCUT2D eigenvalue weighted by molar-refractivity contribution is 5.49. The van der Waals surface area contributed by atoms with Crippen molar-refractivity contribution in [2.45, 2.75) is 101 Å². The Labute approximate surface area is 173 Å². The third-order valence-corrected chi connectivity index (χ3v) is 6.87. The lowest BCUT2D eigenvalue weighted by molar-refractivity contribution is -0.269. The van der Waals surface area contributed by atoms with Crippen molar-refractivity contribution in [1.29, 1.82) is 0 Å². The zero-order chi connectivity index (χ0) is 21.1. The number of fused-ring (bicyclic) bond motifs is 1. The third-order valence-electron chi connectivity index (χ3n) is 6.87. The van der Waals surface area contributed by atoms with Crippen LogP contribution in [0, 0.1) is 11.8 Å². The van der Waals surface area contributed by atoms with Crippen LogP contribution in [-0.2, 0) is 19.0 Å². The van der Waals surface area contributed by atoms with E-state index >= 15 is 0 Å². The van der Waals surface area contributed by atoms with Crippen LogP contribution in [0.3, 0.4) is 0 Å². The molecule has 3 N–H and O–H groups in total. The quantitative estimate of drug-likeness (QED) is 0.428. The molecule has 3 fully saturated rings. The van der Waals surface area contributed by atoms with Crippen molar-refractivity contribution in [3.8, 4) is 0 Å². The fourth-order valence-corrected chi connectivity index (χ4v) is 5.02. The minimum atomic E-state index is -0.719. The number of hydrogen-bond acceptors (Lipinski definition) is 7. The Balaban J connectivity index is 1.65. The average Bonchev–Trinajstić information content (AvgIpc) is 2.69. The summed E-state index contributed by atoms with van der Waals surface area (Å²) >= 11 is 0. The van der Waals surface area contributed by atoms with E-state index in [1.807, 2.05) is 6.92 Å². The standard InChI is InChI=1S/C22H36O7/c1-12-9-15(5-4-7-23)27-18(13(12)2)11-19-21(26)14(3)22-20(28-19)10-16(25)17(29-22)6-8-24/h7,12,14-22,24-26H,2,4-6,8-11H2,1,3H3/t12-,14-,15+,16?,17-,18?,19+,20+,21-,22+/m1/s1. The average molecular weight is 413 g/mol. The van der Waals surface area contributed by atoms with Gasteiger partial charge in [0.05, 0.1) is 48.8 Å². The molecule has 2 unspecified atom stereocenters. The lowest BCUT2D eigenvalue weighted by Crippen LogP contribution is -2.60. The van der Waals surface area contributed by atoms with Gasteiger partial charge in [-0.25, -0.2) is 0 Å². The second kappa shape index (κ2) is 9.98. The maximum absolute atomic E-state index is 10.9. The number of rotatable bonds is 7. The summed E-state index contributed by atoms with van der Waals surface area (Å²) in [4.78, 5) is 10.7. The summed E-state index contributed by atoms with van der Waals surface area (Å²) in [6, 6.07) is 0. The van der Waals surface area contributed by atoms with Crippen molar-refractivity contribution in [1.82, 2.24) is 0 Å². The molecule has 10 atom stereocenters. The smallest absolute Gasteiger partial charge is 0.120 e. The molecule has 7 nitrogen and oxygen atoms in total. The van der Waals surface area contributed by atoms with Gasteiger partial charge in [0.15, 0.2) is 0 Å². The fourth-order valence-electron chi connectivity index (χ4n) is 5.02. The van der Waals surface area contributed by atoms with Crippen LogP contribution in [0.4, 0.5) is 0 Å². The predicted octanol–water partition coefficient (Wildman–Crippen LogP) is 1.37. The topological polar surface area (TPSA) is 105 Å². The van der Waals surface area contributed by atoms with Crippen LogP contribution < -0.4 is 0 Å². The summed E-state index contributed by atoms with van der Waals surface area (Å²) in [7, 11) is 0. The van der Waals surface area contributed by atoms with Crippen molar-refractivity contribution in [2.24, 2.45) is 11.8 Å². The van der Waals surface area contributed by atoms with Gasteiger partial charge in [-0.2, -0.15) is 0 Å². The van der Waals surface area contributed by atoms with Gasteiger partial charge < -0.3 is 34.3 Å². The Kier molecular flexibility index (Phi) is 7.87. The first-order chi connectivity index (χ1) is 13.8. The zero-order valence-electron chi connectivity index (χ0n) is 17.5. The summed E-state index contributed by atoms with van der Waals surface area (Å²) in [5, 5.41) is 30.4. The number of carbonyl (C=O) groups is 1. The number of ether oxygens (including phenoxy) is 3. The van der Waals surface area contributed by atoms with Crippen LogP contribution in [-0.4, -0.2) is 77.0 Å². The Hall–Kier alpha value is -0.830. The molecule has 0 bridgehead atoms. The molecule has 3 aliphatic heterocycles. The molecular weight excluding hydrogens is 376 g/mol. The Bertz CT molecular complexity index is 567. The van der Waals surface area contributed by atoms with Gasteiger partial charge >= 0.3 is 0 Å². The zero-order valence-corrected chi connectivity index (χ0v) is 17.5. The van der Waals surface area contributed by atoms with Crippen LogP contribution in [0.15, 0.2) is 12.2 Å². The first-order valence-corrected chi connectivity index (χ1v) is 10.9. The van der Waals surface area contributed by atoms with Crippen LogP contribution in [0.1, 0.15) is 52.4 Å². The molecule has 0 aromatic rings. The molecule has 0 aromatic carbocycles.